The molecule has 1 aromatic carbocycles. The fourth-order valence-electron chi connectivity index (χ4n) is 1.04. The molecule has 0 saturated carbocycles. The first-order valence-electron chi connectivity index (χ1n) is 3.97. The molecule has 0 spiro atoms. The van der Waals surface area contributed by atoms with Crippen LogP contribution in [0, 0.1) is 20.3 Å². The minimum Gasteiger partial charge on any atom is -0.496 e. The maximum Gasteiger partial charge on any atom is 0.132 e. The summed E-state index contributed by atoms with van der Waals surface area (Å²) in [6.07, 6.45) is 0.141. The van der Waals surface area contributed by atoms with Crippen molar-refractivity contribution in [2.75, 3.05) is 7.11 Å². The molecule has 0 aromatic heterocycles. The molecule has 14 heavy (non-hydrogen) atoms. The average molecular weight is 300 g/mol. The molecule has 0 unspecified atom stereocenters. The minimum atomic E-state index is 0.141. The van der Waals surface area contributed by atoms with Gasteiger partial charge in [-0.1, -0.05) is 0 Å². The Morgan fingerprint density at radius 2 is 2.36 bits per heavy atom. The van der Waals surface area contributed by atoms with Crippen LogP contribution in [0.5, 0.6) is 5.75 Å². The average Bonchev–Trinajstić information content (AvgIpc) is 2.18. The smallest absolute Gasteiger partial charge is 0.132 e. The van der Waals surface area contributed by atoms with E-state index in [1.54, 1.807) is 13.2 Å². The number of ether oxygens (including phenoxy) is 1. The fraction of sp³-hybridized carbons (Fsp3) is 0.200. The van der Waals surface area contributed by atoms with Gasteiger partial charge in [0.15, 0.2) is 0 Å². The standard InChI is InChI=1S/C10H9IN2O/c1-14-10-3-2-7(6-8(10)11)9(13)4-5-12/h2-3,6,13H,4H2,1H3. The van der Waals surface area contributed by atoms with Crippen molar-refractivity contribution in [2.45, 2.75) is 6.42 Å². The molecule has 0 saturated heterocycles. The van der Waals surface area contributed by atoms with E-state index in [2.05, 4.69) is 22.6 Å². The van der Waals surface area contributed by atoms with Crippen molar-refractivity contribution in [1.29, 1.82) is 10.7 Å². The molecular weight excluding hydrogens is 291 g/mol. The second-order valence-corrected chi connectivity index (χ2v) is 3.82. The molecule has 0 heterocycles. The van der Waals surface area contributed by atoms with Gasteiger partial charge in [-0.3, -0.25) is 0 Å². The number of methoxy groups -OCH3 is 1. The summed E-state index contributed by atoms with van der Waals surface area (Å²) in [5, 5.41) is 16.0. The van der Waals surface area contributed by atoms with Crippen molar-refractivity contribution in [1.82, 2.24) is 0 Å². The molecule has 1 N–H and O–H groups in total. The first-order chi connectivity index (χ1) is 6.69. The van der Waals surface area contributed by atoms with Gasteiger partial charge in [-0.25, -0.2) is 0 Å². The van der Waals surface area contributed by atoms with E-state index in [4.69, 9.17) is 15.4 Å². The van der Waals surface area contributed by atoms with Gasteiger partial charge in [0.2, 0.25) is 0 Å². The van der Waals surface area contributed by atoms with Gasteiger partial charge in [-0.2, -0.15) is 5.26 Å². The van der Waals surface area contributed by atoms with E-state index < -0.39 is 0 Å². The molecule has 0 fully saturated rings. The number of rotatable bonds is 3. The molecule has 3 nitrogen and oxygen atoms in total. The van der Waals surface area contributed by atoms with E-state index in [1.807, 2.05) is 18.2 Å². The fourth-order valence-corrected chi connectivity index (χ4v) is 1.77. The second kappa shape index (κ2) is 4.96. The topological polar surface area (TPSA) is 56.9 Å². The van der Waals surface area contributed by atoms with E-state index in [0.717, 1.165) is 14.9 Å². The van der Waals surface area contributed by atoms with Crippen LogP contribution in [0.2, 0.25) is 0 Å². The Morgan fingerprint density at radius 3 is 2.86 bits per heavy atom. The maximum atomic E-state index is 8.45. The Hall–Kier alpha value is -1.09. The Labute approximate surface area is 96.3 Å². The van der Waals surface area contributed by atoms with Crippen LogP contribution in [0.15, 0.2) is 18.2 Å². The van der Waals surface area contributed by atoms with Crippen LogP contribution < -0.4 is 4.74 Å². The minimum absolute atomic E-state index is 0.141. The highest BCUT2D eigenvalue weighted by atomic mass is 127. The number of benzene rings is 1. The molecular formula is C10H9IN2O. The van der Waals surface area contributed by atoms with Gasteiger partial charge < -0.3 is 10.1 Å². The highest BCUT2D eigenvalue weighted by molar-refractivity contribution is 14.1. The zero-order valence-electron chi connectivity index (χ0n) is 7.67. The van der Waals surface area contributed by atoms with E-state index in [9.17, 15) is 0 Å². The first-order valence-corrected chi connectivity index (χ1v) is 5.05. The molecule has 0 aliphatic heterocycles. The van der Waals surface area contributed by atoms with Crippen LogP contribution in [0.4, 0.5) is 0 Å². The predicted molar refractivity (Wildman–Crippen MR) is 62.8 cm³/mol. The summed E-state index contributed by atoms with van der Waals surface area (Å²) in [6, 6.07) is 7.40. The first kappa shape index (κ1) is 11.0. The zero-order valence-corrected chi connectivity index (χ0v) is 9.83. The van der Waals surface area contributed by atoms with Crippen LogP contribution in [0.25, 0.3) is 0 Å². The molecule has 4 heteroatoms. The Kier molecular flexibility index (Phi) is 3.89. The SMILES string of the molecule is COc1ccc(C(=N)CC#N)cc1I. The lowest BCUT2D eigenvalue weighted by molar-refractivity contribution is 0.412. The van der Waals surface area contributed by atoms with Gasteiger partial charge in [0.25, 0.3) is 0 Å². The molecule has 72 valence electrons. The number of nitrogens with zero attached hydrogens (tertiary/aromatic N) is 1. The van der Waals surface area contributed by atoms with E-state index in [-0.39, 0.29) is 6.42 Å². The number of hydrogen-bond acceptors (Lipinski definition) is 3. The molecule has 0 atom stereocenters. The molecule has 0 radical (unpaired) electrons. The quantitative estimate of drug-likeness (QED) is 0.689. The Bertz CT molecular complexity index is 396. The van der Waals surface area contributed by atoms with Crippen LogP contribution in [0.3, 0.4) is 0 Å². The molecule has 0 aliphatic rings. The highest BCUT2D eigenvalue weighted by Crippen LogP contribution is 2.21. The van der Waals surface area contributed by atoms with Crippen molar-refractivity contribution in [2.24, 2.45) is 0 Å². The third kappa shape index (κ3) is 2.45. The van der Waals surface area contributed by atoms with Gasteiger partial charge in [-0.05, 0) is 46.4 Å². The summed E-state index contributed by atoms with van der Waals surface area (Å²) in [6.45, 7) is 0. The van der Waals surface area contributed by atoms with Gasteiger partial charge >= 0.3 is 0 Å². The number of hydrogen-bond donors (Lipinski definition) is 1. The number of nitriles is 1. The highest BCUT2D eigenvalue weighted by Gasteiger charge is 2.04. The Balaban J connectivity index is 2.98. The normalized spacial score (nSPS) is 9.21. The monoisotopic (exact) mass is 300 g/mol. The second-order valence-electron chi connectivity index (χ2n) is 2.66. The molecule has 0 amide bonds. The summed E-state index contributed by atoms with van der Waals surface area (Å²) in [5.41, 5.74) is 1.12. The van der Waals surface area contributed by atoms with Gasteiger partial charge in [0.05, 0.1) is 28.9 Å². The van der Waals surface area contributed by atoms with Crippen LogP contribution >= 0.6 is 22.6 Å². The third-order valence-electron chi connectivity index (χ3n) is 1.76. The molecule has 1 aromatic rings. The van der Waals surface area contributed by atoms with Gasteiger partial charge in [0, 0.05) is 0 Å². The summed E-state index contributed by atoms with van der Waals surface area (Å²) in [7, 11) is 1.61. The molecule has 0 bridgehead atoms. The lowest BCUT2D eigenvalue weighted by atomic mass is 10.1. The number of halogens is 1. The largest absolute Gasteiger partial charge is 0.496 e. The van der Waals surface area contributed by atoms with E-state index in [0.29, 0.717) is 5.71 Å². The van der Waals surface area contributed by atoms with Crippen molar-refractivity contribution in [3.8, 4) is 11.8 Å². The van der Waals surface area contributed by atoms with Crippen molar-refractivity contribution in [3.05, 3.63) is 27.3 Å². The summed E-state index contributed by atoms with van der Waals surface area (Å²) in [5.74, 6) is 0.791. The van der Waals surface area contributed by atoms with Crippen LogP contribution in [-0.2, 0) is 0 Å². The van der Waals surface area contributed by atoms with Gasteiger partial charge in [-0.15, -0.1) is 0 Å². The van der Waals surface area contributed by atoms with Crippen LogP contribution in [-0.4, -0.2) is 12.8 Å². The van der Waals surface area contributed by atoms with Gasteiger partial charge in [0.1, 0.15) is 5.75 Å². The van der Waals surface area contributed by atoms with E-state index >= 15 is 0 Å². The molecule has 1 rings (SSSR count). The summed E-state index contributed by atoms with van der Waals surface area (Å²) < 4.78 is 6.05. The Morgan fingerprint density at radius 1 is 1.64 bits per heavy atom. The lowest BCUT2D eigenvalue weighted by Crippen LogP contribution is -1.98. The van der Waals surface area contributed by atoms with E-state index in [1.165, 1.54) is 0 Å². The van der Waals surface area contributed by atoms with Crippen LogP contribution in [0.1, 0.15) is 12.0 Å². The lowest BCUT2D eigenvalue weighted by Gasteiger charge is -2.05. The summed E-state index contributed by atoms with van der Waals surface area (Å²) >= 11 is 2.14. The zero-order chi connectivity index (χ0) is 10.6. The number of nitrogens with one attached hydrogen (secondary N) is 1. The third-order valence-corrected chi connectivity index (χ3v) is 2.60. The van der Waals surface area contributed by atoms with Crippen molar-refractivity contribution in [3.63, 3.8) is 0 Å². The van der Waals surface area contributed by atoms with Crippen molar-refractivity contribution < 1.29 is 4.74 Å². The van der Waals surface area contributed by atoms with Crippen molar-refractivity contribution >= 4 is 28.3 Å². The maximum absolute atomic E-state index is 8.45. The predicted octanol–water partition coefficient (Wildman–Crippen LogP) is 2.58. The summed E-state index contributed by atoms with van der Waals surface area (Å²) in [4.78, 5) is 0. The molecule has 0 aliphatic carbocycles.